The molecule has 0 nitrogen and oxygen atoms in total. The molecule has 0 unspecified atom stereocenters. The summed E-state index contributed by atoms with van der Waals surface area (Å²) in [5.41, 5.74) is 1.30. The van der Waals surface area contributed by atoms with Crippen LogP contribution in [-0.2, 0) is 5.75 Å². The zero-order chi connectivity index (χ0) is 24.9. The van der Waals surface area contributed by atoms with E-state index in [0.717, 1.165) is 35.6 Å². The number of rotatable bonds is 7. The van der Waals surface area contributed by atoms with Crippen LogP contribution in [0.4, 0.5) is 0 Å². The molecule has 1 aliphatic rings. The van der Waals surface area contributed by atoms with Crippen LogP contribution in [0.25, 0.3) is 0 Å². The third kappa shape index (κ3) is 4.07. The molecular weight excluding hydrogens is 515 g/mol. The minimum atomic E-state index is -3.60. The van der Waals surface area contributed by atoms with Crippen molar-refractivity contribution in [3.63, 3.8) is 0 Å². The molecule has 1 fully saturated rings. The fourth-order valence-electron chi connectivity index (χ4n) is 6.10. The van der Waals surface area contributed by atoms with Gasteiger partial charge in [-0.25, -0.2) is 0 Å². The molecule has 0 saturated heterocycles. The second-order valence-corrected chi connectivity index (χ2v) is 17.8. The summed E-state index contributed by atoms with van der Waals surface area (Å²) in [6, 6.07) is 43.3. The summed E-state index contributed by atoms with van der Waals surface area (Å²) in [5, 5.41) is 3.32. The molecule has 5 rings (SSSR count). The second-order valence-electron chi connectivity index (χ2n) is 9.67. The van der Waals surface area contributed by atoms with E-state index in [4.69, 9.17) is 23.5 Å². The number of halogens is 1. The molecule has 0 aliphatic heterocycles. The summed E-state index contributed by atoms with van der Waals surface area (Å²) >= 11 is 17.1. The summed E-state index contributed by atoms with van der Waals surface area (Å²) in [5.74, 6) is -2.74. The van der Waals surface area contributed by atoms with E-state index in [9.17, 15) is 0 Å². The molecule has 36 heavy (non-hydrogen) atoms. The molecule has 4 heteroatoms. The van der Waals surface area contributed by atoms with Crippen LogP contribution >= 0.6 is 41.2 Å². The van der Waals surface area contributed by atoms with Crippen LogP contribution in [0.2, 0.25) is 0 Å². The number of hydrogen-bond donors (Lipinski definition) is 0. The van der Waals surface area contributed by atoms with Crippen molar-refractivity contribution >= 4 is 61.3 Å². The summed E-state index contributed by atoms with van der Waals surface area (Å²) in [7, 11) is 0. The number of benzene rings is 4. The van der Waals surface area contributed by atoms with Gasteiger partial charge in [-0.05, 0) is 0 Å². The monoisotopic (exact) mass is 546 g/mol. The number of thiocarbonyl (C=S) groups is 1. The quantitative estimate of drug-likeness (QED) is 0.168. The van der Waals surface area contributed by atoms with Crippen LogP contribution in [0.1, 0.15) is 37.7 Å². The summed E-state index contributed by atoms with van der Waals surface area (Å²) < 4.78 is 1.07. The van der Waals surface area contributed by atoms with Gasteiger partial charge in [0.15, 0.2) is 0 Å². The molecule has 0 aromatic heterocycles. The van der Waals surface area contributed by atoms with Crippen molar-refractivity contribution in [2.75, 3.05) is 0 Å². The van der Waals surface area contributed by atoms with Crippen LogP contribution in [0, 0.1) is 0 Å². The van der Waals surface area contributed by atoms with E-state index >= 15 is 0 Å². The zero-order valence-corrected chi connectivity index (χ0v) is 23.7. The van der Waals surface area contributed by atoms with Crippen LogP contribution in [0.15, 0.2) is 121 Å². The van der Waals surface area contributed by atoms with E-state index in [1.165, 1.54) is 27.9 Å². The normalized spacial score (nSPS) is 16.5. The molecule has 4 aromatic carbocycles. The van der Waals surface area contributed by atoms with Crippen molar-refractivity contribution in [3.05, 3.63) is 127 Å². The minimum absolute atomic E-state index is 0.329. The molecule has 0 bridgehead atoms. The van der Waals surface area contributed by atoms with Crippen LogP contribution in [-0.4, -0.2) is 9.35 Å². The van der Waals surface area contributed by atoms with Gasteiger partial charge in [-0.15, -0.1) is 0 Å². The Hall–Kier alpha value is -1.96. The molecule has 0 amide bonds. The topological polar surface area (TPSA) is 0 Å². The van der Waals surface area contributed by atoms with Gasteiger partial charge < -0.3 is 0 Å². The maximum atomic E-state index is 8.72. The first-order valence-corrected chi connectivity index (χ1v) is 17.2. The molecule has 0 radical (unpaired) electrons. The van der Waals surface area contributed by atoms with E-state index in [-0.39, 0.29) is 5.16 Å². The van der Waals surface area contributed by atoms with E-state index in [1.807, 2.05) is 11.8 Å². The first kappa shape index (κ1) is 25.7. The van der Waals surface area contributed by atoms with Crippen LogP contribution in [0.5, 0.6) is 0 Å². The third-order valence-electron chi connectivity index (χ3n) is 7.80. The van der Waals surface area contributed by atoms with E-state index < -0.39 is 5.96 Å². The SMILES string of the molecule is S=C(SCc1ccccc1)C1(P(Cl)(c2ccccc2)(c2ccccc2)c2ccccc2)CCCCC1. The Morgan fingerprint density at radius 1 is 0.639 bits per heavy atom. The predicted octanol–water partition coefficient (Wildman–Crippen LogP) is 8.63. The van der Waals surface area contributed by atoms with Gasteiger partial charge in [-0.1, -0.05) is 0 Å². The van der Waals surface area contributed by atoms with Crippen molar-refractivity contribution in [1.82, 2.24) is 0 Å². The fourth-order valence-corrected chi connectivity index (χ4v) is 16.9. The maximum absolute atomic E-state index is 8.72. The predicted molar refractivity (Wildman–Crippen MR) is 167 cm³/mol. The van der Waals surface area contributed by atoms with Crippen molar-refractivity contribution in [2.24, 2.45) is 0 Å². The van der Waals surface area contributed by atoms with Crippen LogP contribution in [0.3, 0.4) is 0 Å². The van der Waals surface area contributed by atoms with Gasteiger partial charge in [0.2, 0.25) is 0 Å². The average Bonchev–Trinajstić information content (AvgIpc) is 2.98. The molecule has 1 aliphatic carbocycles. The van der Waals surface area contributed by atoms with Crippen LogP contribution < -0.4 is 15.9 Å². The van der Waals surface area contributed by atoms with Gasteiger partial charge >= 0.3 is 231 Å². The molecule has 0 spiro atoms. The Labute approximate surface area is 230 Å². The third-order valence-corrected chi connectivity index (χ3v) is 18.8. The Bertz CT molecular complexity index is 1190. The first-order chi connectivity index (χ1) is 17.6. The summed E-state index contributed by atoms with van der Waals surface area (Å²) in [6.45, 7) is 0. The number of hydrogen-bond acceptors (Lipinski definition) is 2. The molecule has 4 aromatic rings. The van der Waals surface area contributed by atoms with E-state index in [2.05, 4.69) is 121 Å². The Balaban J connectivity index is 1.81. The molecule has 0 atom stereocenters. The Kier molecular flexibility index (Phi) is 7.70. The molecular formula is C32H32ClPS2. The molecule has 0 heterocycles. The molecule has 184 valence electrons. The summed E-state index contributed by atoms with van der Waals surface area (Å²) in [6.07, 6.45) is 5.53. The van der Waals surface area contributed by atoms with E-state index in [1.54, 1.807) is 0 Å². The zero-order valence-electron chi connectivity index (χ0n) is 20.4. The standard InChI is InChI=1S/C32H32ClPS2/c33-34(28-18-8-2-9-19-28,29-20-10-3-11-21-29,30-22-12-4-13-23-30)32(24-14-5-15-25-32)31(35)36-26-27-16-6-1-7-17-27/h1-4,6-13,16-23H,5,14-15,24-26H2. The van der Waals surface area contributed by atoms with Crippen molar-refractivity contribution in [2.45, 2.75) is 43.0 Å². The average molecular weight is 547 g/mol. The Morgan fingerprint density at radius 3 is 1.44 bits per heavy atom. The van der Waals surface area contributed by atoms with Gasteiger partial charge in [-0.2, -0.15) is 0 Å². The fraction of sp³-hybridized carbons (Fsp3) is 0.219. The second kappa shape index (κ2) is 10.8. The number of thioether (sulfide) groups is 1. The van der Waals surface area contributed by atoms with Gasteiger partial charge in [0.1, 0.15) is 0 Å². The summed E-state index contributed by atoms with van der Waals surface area (Å²) in [4.78, 5) is 0. The first-order valence-electron chi connectivity index (χ1n) is 12.7. The van der Waals surface area contributed by atoms with Crippen molar-refractivity contribution in [3.8, 4) is 0 Å². The molecule has 1 saturated carbocycles. The van der Waals surface area contributed by atoms with Gasteiger partial charge in [0.25, 0.3) is 0 Å². The van der Waals surface area contributed by atoms with Crippen molar-refractivity contribution in [1.29, 1.82) is 0 Å². The van der Waals surface area contributed by atoms with E-state index in [0.29, 0.717) is 0 Å². The Morgan fingerprint density at radius 2 is 1.03 bits per heavy atom. The van der Waals surface area contributed by atoms with Gasteiger partial charge in [0.05, 0.1) is 0 Å². The van der Waals surface area contributed by atoms with Gasteiger partial charge in [0, 0.05) is 0 Å². The molecule has 0 N–H and O–H groups in total. The van der Waals surface area contributed by atoms with Gasteiger partial charge in [-0.3, -0.25) is 0 Å². The van der Waals surface area contributed by atoms with Crippen molar-refractivity contribution < 1.29 is 0 Å².